The van der Waals surface area contributed by atoms with E-state index in [4.69, 9.17) is 0 Å². The summed E-state index contributed by atoms with van der Waals surface area (Å²) in [5, 5.41) is 16.3. The highest BCUT2D eigenvalue weighted by Gasteiger charge is 2.43. The van der Waals surface area contributed by atoms with Crippen molar-refractivity contribution in [3.05, 3.63) is 5.82 Å². The molecule has 1 aromatic rings. The van der Waals surface area contributed by atoms with Gasteiger partial charge in [-0.2, -0.15) is 4.80 Å². The highest BCUT2D eigenvalue weighted by molar-refractivity contribution is 5.02. The van der Waals surface area contributed by atoms with Gasteiger partial charge < -0.3 is 5.32 Å². The molecule has 2 heterocycles. The molecule has 1 saturated carbocycles. The quantitative estimate of drug-likeness (QED) is 0.869. The standard InChI is InChI=1S/C14H26N6/c1-4-14(5-2)10-20(9-13-16-18-19(3)17-13)12(8-15-14)11-6-7-11/h11-12,15H,4-10H2,1-3H3. The molecule has 20 heavy (non-hydrogen) atoms. The van der Waals surface area contributed by atoms with Crippen LogP contribution in [0.2, 0.25) is 0 Å². The van der Waals surface area contributed by atoms with Gasteiger partial charge in [-0.25, -0.2) is 0 Å². The maximum absolute atomic E-state index is 4.35. The number of nitrogens with one attached hydrogen (secondary N) is 1. The van der Waals surface area contributed by atoms with E-state index >= 15 is 0 Å². The first-order valence-corrected chi connectivity index (χ1v) is 7.88. The first kappa shape index (κ1) is 13.9. The van der Waals surface area contributed by atoms with Gasteiger partial charge in [-0.3, -0.25) is 4.90 Å². The van der Waals surface area contributed by atoms with Crippen LogP contribution in [0.1, 0.15) is 45.4 Å². The van der Waals surface area contributed by atoms with Gasteiger partial charge in [0.05, 0.1) is 13.6 Å². The van der Waals surface area contributed by atoms with Gasteiger partial charge in [-0.1, -0.05) is 13.8 Å². The molecular weight excluding hydrogens is 252 g/mol. The fourth-order valence-electron chi connectivity index (χ4n) is 3.42. The SMILES string of the molecule is CCC1(CC)CN(Cc2nnn(C)n2)C(C2CC2)CN1. The van der Waals surface area contributed by atoms with Crippen LogP contribution < -0.4 is 5.32 Å². The fourth-order valence-corrected chi connectivity index (χ4v) is 3.42. The molecule has 0 spiro atoms. The van der Waals surface area contributed by atoms with Gasteiger partial charge in [0.2, 0.25) is 0 Å². The van der Waals surface area contributed by atoms with Crippen molar-refractivity contribution in [2.45, 2.75) is 57.7 Å². The summed E-state index contributed by atoms with van der Waals surface area (Å²) < 4.78 is 0. The maximum Gasteiger partial charge on any atom is 0.188 e. The third-order valence-electron chi connectivity index (χ3n) is 5.07. The predicted molar refractivity (Wildman–Crippen MR) is 77.0 cm³/mol. The van der Waals surface area contributed by atoms with Crippen molar-refractivity contribution in [1.82, 2.24) is 30.4 Å². The summed E-state index contributed by atoms with van der Waals surface area (Å²) in [5.41, 5.74) is 0.258. The Bertz CT molecular complexity index is 448. The lowest BCUT2D eigenvalue weighted by Gasteiger charge is -2.47. The molecule has 6 heteroatoms. The van der Waals surface area contributed by atoms with E-state index in [0.29, 0.717) is 6.04 Å². The highest BCUT2D eigenvalue weighted by atomic mass is 15.6. The molecule has 0 amide bonds. The van der Waals surface area contributed by atoms with E-state index in [9.17, 15) is 0 Å². The van der Waals surface area contributed by atoms with E-state index in [1.807, 2.05) is 7.05 Å². The van der Waals surface area contributed by atoms with Gasteiger partial charge in [0.15, 0.2) is 5.82 Å². The third kappa shape index (κ3) is 2.72. The molecule has 0 radical (unpaired) electrons. The van der Waals surface area contributed by atoms with Crippen LogP contribution in [0.3, 0.4) is 0 Å². The number of aryl methyl sites for hydroxylation is 1. The molecule has 1 aromatic heterocycles. The molecule has 112 valence electrons. The smallest absolute Gasteiger partial charge is 0.188 e. The first-order chi connectivity index (χ1) is 9.65. The molecule has 0 bridgehead atoms. The Hall–Kier alpha value is -1.01. The second-order valence-electron chi connectivity index (χ2n) is 6.37. The van der Waals surface area contributed by atoms with Crippen LogP contribution >= 0.6 is 0 Å². The Kier molecular flexibility index (Phi) is 3.77. The summed E-state index contributed by atoms with van der Waals surface area (Å²) in [6.45, 7) is 7.60. The van der Waals surface area contributed by atoms with Crippen molar-refractivity contribution in [1.29, 1.82) is 0 Å². The summed E-state index contributed by atoms with van der Waals surface area (Å²) in [7, 11) is 1.83. The van der Waals surface area contributed by atoms with Gasteiger partial charge >= 0.3 is 0 Å². The summed E-state index contributed by atoms with van der Waals surface area (Å²) in [5.74, 6) is 1.71. The number of tetrazole rings is 1. The van der Waals surface area contributed by atoms with Crippen molar-refractivity contribution < 1.29 is 0 Å². The molecule has 1 saturated heterocycles. The first-order valence-electron chi connectivity index (χ1n) is 7.88. The molecule has 1 atom stereocenters. The van der Waals surface area contributed by atoms with Gasteiger partial charge in [0.1, 0.15) is 0 Å². The molecule has 1 N–H and O–H groups in total. The molecule has 1 aliphatic carbocycles. The Morgan fingerprint density at radius 3 is 2.60 bits per heavy atom. The zero-order chi connectivity index (χ0) is 14.2. The number of hydrogen-bond acceptors (Lipinski definition) is 5. The number of piperazine rings is 1. The molecule has 2 aliphatic rings. The number of hydrogen-bond donors (Lipinski definition) is 1. The van der Waals surface area contributed by atoms with Crippen molar-refractivity contribution in [3.63, 3.8) is 0 Å². The molecule has 0 aromatic carbocycles. The molecule has 6 nitrogen and oxygen atoms in total. The minimum atomic E-state index is 0.258. The van der Waals surface area contributed by atoms with E-state index in [-0.39, 0.29) is 5.54 Å². The predicted octanol–water partition coefficient (Wildman–Crippen LogP) is 0.953. The molecule has 2 fully saturated rings. The van der Waals surface area contributed by atoms with Crippen molar-refractivity contribution >= 4 is 0 Å². The lowest BCUT2D eigenvalue weighted by atomic mass is 9.87. The molecular formula is C14H26N6. The van der Waals surface area contributed by atoms with E-state index < -0.39 is 0 Å². The van der Waals surface area contributed by atoms with Crippen molar-refractivity contribution in [2.24, 2.45) is 13.0 Å². The fraction of sp³-hybridized carbons (Fsp3) is 0.929. The lowest BCUT2D eigenvalue weighted by molar-refractivity contribution is 0.0536. The van der Waals surface area contributed by atoms with E-state index in [0.717, 1.165) is 31.4 Å². The monoisotopic (exact) mass is 278 g/mol. The minimum absolute atomic E-state index is 0.258. The van der Waals surface area contributed by atoms with Crippen LogP contribution in [0.15, 0.2) is 0 Å². The maximum atomic E-state index is 4.35. The Morgan fingerprint density at radius 1 is 1.30 bits per heavy atom. The average molecular weight is 278 g/mol. The topological polar surface area (TPSA) is 58.9 Å². The molecule has 1 aliphatic heterocycles. The summed E-state index contributed by atoms with van der Waals surface area (Å²) in [4.78, 5) is 4.15. The number of rotatable bonds is 5. The Balaban J connectivity index is 1.74. The van der Waals surface area contributed by atoms with Crippen LogP contribution in [0.4, 0.5) is 0 Å². The highest BCUT2D eigenvalue weighted by Crippen LogP contribution is 2.38. The second kappa shape index (κ2) is 5.41. The summed E-state index contributed by atoms with van der Waals surface area (Å²) in [6.07, 6.45) is 5.10. The van der Waals surface area contributed by atoms with E-state index in [2.05, 4.69) is 39.5 Å². The van der Waals surface area contributed by atoms with Gasteiger partial charge in [0.25, 0.3) is 0 Å². The lowest BCUT2D eigenvalue weighted by Crippen LogP contribution is -2.64. The van der Waals surface area contributed by atoms with Crippen LogP contribution in [-0.4, -0.2) is 49.8 Å². The van der Waals surface area contributed by atoms with E-state index in [1.165, 1.54) is 25.7 Å². The average Bonchev–Trinajstić information content (AvgIpc) is 3.22. The summed E-state index contributed by atoms with van der Waals surface area (Å²) in [6, 6.07) is 0.644. The van der Waals surface area contributed by atoms with Crippen LogP contribution in [0.25, 0.3) is 0 Å². The van der Waals surface area contributed by atoms with Gasteiger partial charge in [0, 0.05) is 24.7 Å². The normalized spacial score (nSPS) is 26.9. The zero-order valence-corrected chi connectivity index (χ0v) is 12.8. The Labute approximate surface area is 120 Å². The van der Waals surface area contributed by atoms with Crippen LogP contribution in [0, 0.1) is 5.92 Å². The third-order valence-corrected chi connectivity index (χ3v) is 5.07. The van der Waals surface area contributed by atoms with Gasteiger partial charge in [-0.05, 0) is 36.8 Å². The molecule has 3 rings (SSSR count). The van der Waals surface area contributed by atoms with Crippen LogP contribution in [0.5, 0.6) is 0 Å². The van der Waals surface area contributed by atoms with Crippen molar-refractivity contribution in [3.8, 4) is 0 Å². The molecule has 1 unspecified atom stereocenters. The van der Waals surface area contributed by atoms with Gasteiger partial charge in [-0.15, -0.1) is 10.2 Å². The second-order valence-corrected chi connectivity index (χ2v) is 6.37. The minimum Gasteiger partial charge on any atom is -0.308 e. The largest absolute Gasteiger partial charge is 0.308 e. The zero-order valence-electron chi connectivity index (χ0n) is 12.8. The van der Waals surface area contributed by atoms with Crippen molar-refractivity contribution in [2.75, 3.05) is 13.1 Å². The van der Waals surface area contributed by atoms with E-state index in [1.54, 1.807) is 4.80 Å². The Morgan fingerprint density at radius 2 is 2.05 bits per heavy atom. The van der Waals surface area contributed by atoms with Crippen LogP contribution in [-0.2, 0) is 13.6 Å². The summed E-state index contributed by atoms with van der Waals surface area (Å²) >= 11 is 0. The number of aromatic nitrogens is 4. The number of nitrogens with zero attached hydrogens (tertiary/aromatic N) is 5.